The molecule has 1 amide bonds. The van der Waals surface area contributed by atoms with Gasteiger partial charge in [-0.15, -0.1) is 0 Å². The number of esters is 1. The van der Waals surface area contributed by atoms with E-state index in [1.165, 1.54) is 12.0 Å². The van der Waals surface area contributed by atoms with Crippen LogP contribution in [0.2, 0.25) is 0 Å². The highest BCUT2D eigenvalue weighted by atomic mass is 16.5. The number of carboxylic acid groups (broad SMARTS) is 1. The highest BCUT2D eigenvalue weighted by Crippen LogP contribution is 2.15. The van der Waals surface area contributed by atoms with Crippen LogP contribution in [0.15, 0.2) is 0 Å². The van der Waals surface area contributed by atoms with Crippen molar-refractivity contribution < 1.29 is 19.4 Å². The van der Waals surface area contributed by atoms with E-state index in [1.54, 1.807) is 0 Å². The van der Waals surface area contributed by atoms with E-state index in [1.807, 2.05) is 18.7 Å². The fourth-order valence-electron chi connectivity index (χ4n) is 2.04. The summed E-state index contributed by atoms with van der Waals surface area (Å²) < 4.78 is 4.61. The van der Waals surface area contributed by atoms with Crippen molar-refractivity contribution in [3.63, 3.8) is 0 Å². The third kappa shape index (κ3) is 2.85. The second-order valence-corrected chi connectivity index (χ2v) is 4.13. The minimum Gasteiger partial charge on any atom is -0.468 e. The van der Waals surface area contributed by atoms with Gasteiger partial charge in [-0.05, 0) is 13.8 Å². The van der Waals surface area contributed by atoms with Crippen molar-refractivity contribution in [2.45, 2.75) is 25.9 Å². The van der Waals surface area contributed by atoms with Crippen LogP contribution in [0.3, 0.4) is 0 Å². The Bertz CT molecular complexity index is 270. The summed E-state index contributed by atoms with van der Waals surface area (Å²) in [6, 6.07) is 0.0536. The Labute approximate surface area is 94.8 Å². The van der Waals surface area contributed by atoms with Crippen molar-refractivity contribution in [2.24, 2.45) is 0 Å². The van der Waals surface area contributed by atoms with Crippen LogP contribution in [0, 0.1) is 0 Å². The lowest BCUT2D eigenvalue weighted by Gasteiger charge is -2.42. The third-order valence-electron chi connectivity index (χ3n) is 2.91. The van der Waals surface area contributed by atoms with Gasteiger partial charge in [0, 0.05) is 25.2 Å². The van der Waals surface area contributed by atoms with Crippen molar-refractivity contribution in [2.75, 3.05) is 26.7 Å². The SMILES string of the molecule is COC(=O)CN1C(C)CN(C(=O)O)C[C@@H]1C. The van der Waals surface area contributed by atoms with Crippen LogP contribution < -0.4 is 0 Å². The third-order valence-corrected chi connectivity index (χ3v) is 2.91. The number of carbonyl (C=O) groups excluding carboxylic acids is 1. The molecule has 92 valence electrons. The molecule has 1 fully saturated rings. The topological polar surface area (TPSA) is 70.1 Å². The van der Waals surface area contributed by atoms with Crippen molar-refractivity contribution in [1.29, 1.82) is 0 Å². The Hall–Kier alpha value is -1.30. The minimum absolute atomic E-state index is 0.0268. The summed E-state index contributed by atoms with van der Waals surface area (Å²) in [4.78, 5) is 25.4. The lowest BCUT2D eigenvalue weighted by atomic mass is 10.1. The number of amides is 1. The van der Waals surface area contributed by atoms with Crippen LogP contribution in [0.4, 0.5) is 4.79 Å². The number of piperazine rings is 1. The molecule has 0 aromatic carbocycles. The molecule has 0 radical (unpaired) electrons. The van der Waals surface area contributed by atoms with Gasteiger partial charge in [0.25, 0.3) is 0 Å². The van der Waals surface area contributed by atoms with Crippen molar-refractivity contribution >= 4 is 12.1 Å². The summed E-state index contributed by atoms with van der Waals surface area (Å²) in [5.74, 6) is -0.289. The molecule has 0 spiro atoms. The van der Waals surface area contributed by atoms with Gasteiger partial charge in [-0.25, -0.2) is 4.79 Å². The van der Waals surface area contributed by atoms with Gasteiger partial charge in [0.2, 0.25) is 0 Å². The molecule has 0 saturated carbocycles. The molecule has 1 aliphatic rings. The van der Waals surface area contributed by atoms with Gasteiger partial charge in [0.05, 0.1) is 13.7 Å². The zero-order chi connectivity index (χ0) is 12.3. The highest BCUT2D eigenvalue weighted by molar-refractivity contribution is 5.71. The maximum absolute atomic E-state index is 11.2. The van der Waals surface area contributed by atoms with Crippen LogP contribution in [0.1, 0.15) is 13.8 Å². The average molecular weight is 230 g/mol. The summed E-state index contributed by atoms with van der Waals surface area (Å²) in [5.41, 5.74) is 0. The Balaban J connectivity index is 2.61. The maximum Gasteiger partial charge on any atom is 0.407 e. The molecule has 1 rings (SSSR count). The number of hydrogen-bond acceptors (Lipinski definition) is 4. The Kier molecular flexibility index (Phi) is 4.12. The number of hydrogen-bond donors (Lipinski definition) is 1. The predicted molar refractivity (Wildman–Crippen MR) is 57.2 cm³/mol. The van der Waals surface area contributed by atoms with E-state index in [4.69, 9.17) is 5.11 Å². The Morgan fingerprint density at radius 2 is 1.81 bits per heavy atom. The fourth-order valence-corrected chi connectivity index (χ4v) is 2.04. The van der Waals surface area contributed by atoms with Gasteiger partial charge in [0.1, 0.15) is 0 Å². The van der Waals surface area contributed by atoms with Gasteiger partial charge in [-0.2, -0.15) is 0 Å². The van der Waals surface area contributed by atoms with Gasteiger partial charge >= 0.3 is 12.1 Å². The largest absolute Gasteiger partial charge is 0.468 e. The van der Waals surface area contributed by atoms with E-state index in [9.17, 15) is 9.59 Å². The van der Waals surface area contributed by atoms with Gasteiger partial charge in [0.15, 0.2) is 0 Å². The van der Waals surface area contributed by atoms with Gasteiger partial charge in [-0.1, -0.05) is 0 Å². The second-order valence-electron chi connectivity index (χ2n) is 4.13. The molecule has 1 N–H and O–H groups in total. The number of methoxy groups -OCH3 is 1. The molecule has 6 nitrogen and oxygen atoms in total. The molecule has 1 unspecified atom stereocenters. The number of nitrogens with zero attached hydrogens (tertiary/aromatic N) is 2. The van der Waals surface area contributed by atoms with E-state index >= 15 is 0 Å². The summed E-state index contributed by atoms with van der Waals surface area (Å²) in [6.45, 7) is 4.89. The molecular formula is C10H18N2O4. The molecule has 1 aliphatic heterocycles. The van der Waals surface area contributed by atoms with Crippen molar-refractivity contribution in [3.8, 4) is 0 Å². The summed E-state index contributed by atoms with van der Waals surface area (Å²) in [6.07, 6.45) is -0.906. The van der Waals surface area contributed by atoms with E-state index in [2.05, 4.69) is 4.74 Å². The first kappa shape index (κ1) is 12.8. The summed E-state index contributed by atoms with van der Waals surface area (Å²) in [5, 5.41) is 8.90. The second kappa shape index (κ2) is 5.16. The maximum atomic E-state index is 11.2. The van der Waals surface area contributed by atoms with Crippen molar-refractivity contribution in [3.05, 3.63) is 0 Å². The predicted octanol–water partition coefficient (Wildman–Crippen LogP) is 0.232. The van der Waals surface area contributed by atoms with Gasteiger partial charge < -0.3 is 14.7 Å². The van der Waals surface area contributed by atoms with Crippen LogP contribution in [-0.2, 0) is 9.53 Å². The van der Waals surface area contributed by atoms with E-state index in [0.717, 1.165) is 0 Å². The zero-order valence-electron chi connectivity index (χ0n) is 9.84. The zero-order valence-corrected chi connectivity index (χ0v) is 9.84. The molecule has 1 saturated heterocycles. The average Bonchev–Trinajstić information content (AvgIpc) is 2.22. The first-order valence-corrected chi connectivity index (χ1v) is 5.26. The molecule has 0 aromatic heterocycles. The summed E-state index contributed by atoms with van der Waals surface area (Å²) >= 11 is 0. The highest BCUT2D eigenvalue weighted by Gasteiger charge is 2.32. The smallest absolute Gasteiger partial charge is 0.407 e. The van der Waals surface area contributed by atoms with Crippen molar-refractivity contribution in [1.82, 2.24) is 9.80 Å². The molecule has 0 aromatic rings. The molecule has 1 heterocycles. The number of ether oxygens (including phenoxy) is 1. The Morgan fingerprint density at radius 1 is 1.31 bits per heavy atom. The number of rotatable bonds is 2. The quantitative estimate of drug-likeness (QED) is 0.688. The normalized spacial score (nSPS) is 26.6. The first-order chi connectivity index (χ1) is 7.45. The van der Waals surface area contributed by atoms with Gasteiger partial charge in [-0.3, -0.25) is 9.69 Å². The molecule has 6 heteroatoms. The number of carbonyl (C=O) groups is 2. The standard InChI is InChI=1S/C10H18N2O4/c1-7-4-11(10(14)15)5-8(2)12(7)6-9(13)16-3/h7-8H,4-6H2,1-3H3,(H,14,15)/t7-,8?/m0/s1. The first-order valence-electron chi connectivity index (χ1n) is 5.26. The van der Waals surface area contributed by atoms with E-state index < -0.39 is 6.09 Å². The minimum atomic E-state index is -0.906. The monoisotopic (exact) mass is 230 g/mol. The van der Waals surface area contributed by atoms with Crippen LogP contribution >= 0.6 is 0 Å². The Morgan fingerprint density at radius 3 is 2.19 bits per heavy atom. The molecule has 2 atom stereocenters. The fraction of sp³-hybridized carbons (Fsp3) is 0.800. The lowest BCUT2D eigenvalue weighted by Crippen LogP contribution is -2.58. The van der Waals surface area contributed by atoms with Crippen LogP contribution in [0.25, 0.3) is 0 Å². The van der Waals surface area contributed by atoms with E-state index in [-0.39, 0.29) is 24.6 Å². The molecule has 16 heavy (non-hydrogen) atoms. The molecular weight excluding hydrogens is 212 g/mol. The molecule has 0 aliphatic carbocycles. The lowest BCUT2D eigenvalue weighted by molar-refractivity contribution is -0.144. The van der Waals surface area contributed by atoms with E-state index in [0.29, 0.717) is 13.1 Å². The molecule has 0 bridgehead atoms. The van der Waals surface area contributed by atoms with Crippen LogP contribution in [0.5, 0.6) is 0 Å². The summed E-state index contributed by atoms with van der Waals surface area (Å²) in [7, 11) is 1.35. The van der Waals surface area contributed by atoms with Crippen LogP contribution in [-0.4, -0.2) is 65.8 Å².